The number of benzene rings is 3. The molecule has 3 aromatic rings. The number of phenolic OH excluding ortho intramolecular Hbond substituents is 1. The van der Waals surface area contributed by atoms with Crippen LogP contribution in [0.25, 0.3) is 0 Å². The van der Waals surface area contributed by atoms with Crippen molar-refractivity contribution in [2.75, 3.05) is 10.6 Å². The summed E-state index contributed by atoms with van der Waals surface area (Å²) in [5.41, 5.74) is 1.51. The number of carbonyl (C=O) groups is 2. The maximum atomic E-state index is 13.0. The highest BCUT2D eigenvalue weighted by Gasteiger charge is 2.24. The second kappa shape index (κ2) is 12.1. The van der Waals surface area contributed by atoms with E-state index in [1.165, 1.54) is 12.1 Å². The number of hydrogen-bond acceptors (Lipinski definition) is 4. The van der Waals surface area contributed by atoms with Crippen molar-refractivity contribution >= 4 is 58.0 Å². The van der Waals surface area contributed by atoms with Gasteiger partial charge in [-0.2, -0.15) is 0 Å². The zero-order valence-corrected chi connectivity index (χ0v) is 23.3. The summed E-state index contributed by atoms with van der Waals surface area (Å²) in [5.74, 6) is -0.874. The molecule has 0 aromatic heterocycles. The Morgan fingerprint density at radius 1 is 0.919 bits per heavy atom. The Morgan fingerprint density at radius 3 is 2.24 bits per heavy atom. The van der Waals surface area contributed by atoms with Crippen LogP contribution in [-0.4, -0.2) is 23.0 Å². The third-order valence-electron chi connectivity index (χ3n) is 6.24. The lowest BCUT2D eigenvalue weighted by Crippen LogP contribution is -2.32. The van der Waals surface area contributed by atoms with Gasteiger partial charge in [0.25, 0.3) is 11.8 Å². The molecule has 0 aliphatic carbocycles. The number of aromatic hydroxyl groups is 1. The molecule has 196 valence electrons. The molecular formula is C28H29Cl3N2O4. The molecule has 0 radical (unpaired) electrons. The topological polar surface area (TPSA) is 87.7 Å². The summed E-state index contributed by atoms with van der Waals surface area (Å²) >= 11 is 18.9. The van der Waals surface area contributed by atoms with Gasteiger partial charge in [-0.25, -0.2) is 0 Å². The van der Waals surface area contributed by atoms with E-state index in [1.54, 1.807) is 37.3 Å². The van der Waals surface area contributed by atoms with Gasteiger partial charge in [0, 0.05) is 6.07 Å². The predicted molar refractivity (Wildman–Crippen MR) is 151 cm³/mol. The first kappa shape index (κ1) is 28.6. The van der Waals surface area contributed by atoms with Crippen LogP contribution in [0.2, 0.25) is 15.1 Å². The molecule has 0 aliphatic rings. The fraction of sp³-hybridized carbons (Fsp3) is 0.286. The maximum absolute atomic E-state index is 13.0. The molecule has 0 bridgehead atoms. The third-order valence-corrected chi connectivity index (χ3v) is 7.18. The summed E-state index contributed by atoms with van der Waals surface area (Å²) in [7, 11) is 0. The van der Waals surface area contributed by atoms with Crippen LogP contribution in [0.15, 0.2) is 54.6 Å². The molecule has 37 heavy (non-hydrogen) atoms. The number of hydrogen-bond donors (Lipinski definition) is 3. The Hall–Kier alpha value is -2.93. The molecule has 0 saturated heterocycles. The molecule has 9 heteroatoms. The summed E-state index contributed by atoms with van der Waals surface area (Å²) in [6, 6.07) is 14.7. The fourth-order valence-electron chi connectivity index (χ4n) is 3.50. The van der Waals surface area contributed by atoms with Gasteiger partial charge in [-0.3, -0.25) is 9.59 Å². The van der Waals surface area contributed by atoms with Gasteiger partial charge in [0.1, 0.15) is 11.5 Å². The minimum absolute atomic E-state index is 0.0402. The Balaban J connectivity index is 1.73. The normalized spacial score (nSPS) is 12.1. The fourth-order valence-corrected chi connectivity index (χ4v) is 4.16. The van der Waals surface area contributed by atoms with Gasteiger partial charge in [0.05, 0.1) is 32.0 Å². The first-order valence-corrected chi connectivity index (χ1v) is 13.0. The first-order valence-electron chi connectivity index (χ1n) is 11.8. The molecule has 0 aliphatic heterocycles. The lowest BCUT2D eigenvalue weighted by atomic mass is 9.82. The molecular weight excluding hydrogens is 535 g/mol. The Morgan fingerprint density at radius 2 is 1.62 bits per heavy atom. The van der Waals surface area contributed by atoms with E-state index in [9.17, 15) is 14.7 Å². The van der Waals surface area contributed by atoms with Crippen molar-refractivity contribution in [1.29, 1.82) is 0 Å². The van der Waals surface area contributed by atoms with Crippen molar-refractivity contribution in [2.24, 2.45) is 0 Å². The van der Waals surface area contributed by atoms with E-state index < -0.39 is 17.9 Å². The van der Waals surface area contributed by atoms with Crippen LogP contribution >= 0.6 is 34.8 Å². The van der Waals surface area contributed by atoms with Gasteiger partial charge in [0.2, 0.25) is 0 Å². The van der Waals surface area contributed by atoms with Gasteiger partial charge < -0.3 is 20.5 Å². The lowest BCUT2D eigenvalue weighted by molar-refractivity contribution is -0.122. The van der Waals surface area contributed by atoms with Gasteiger partial charge in [0.15, 0.2) is 6.10 Å². The van der Waals surface area contributed by atoms with Crippen LogP contribution in [0, 0.1) is 0 Å². The van der Waals surface area contributed by atoms with E-state index >= 15 is 0 Å². The third kappa shape index (κ3) is 6.89. The van der Waals surface area contributed by atoms with Crippen LogP contribution in [0.1, 0.15) is 56.5 Å². The molecule has 3 aromatic carbocycles. The number of rotatable bonds is 9. The Labute approximate surface area is 231 Å². The number of carbonyl (C=O) groups excluding carboxylic acids is 2. The standard InChI is InChI=1S/C28H29Cl3N2O4/c1-5-24(37-25-12-11-16(13-20(25)31)28(3,4)6-2)27(36)32-21-15-23(34)22(14-19(21)30)33-26(35)17-9-7-8-10-18(17)29/h7-15,24,34H,5-6H2,1-4H3,(H,32,36)(H,33,35). The van der Waals surface area contributed by atoms with Crippen molar-refractivity contribution in [3.63, 3.8) is 0 Å². The van der Waals surface area contributed by atoms with E-state index in [-0.39, 0.29) is 38.1 Å². The molecule has 0 saturated carbocycles. The van der Waals surface area contributed by atoms with Crippen molar-refractivity contribution in [3.8, 4) is 11.5 Å². The molecule has 3 rings (SSSR count). The minimum atomic E-state index is -0.861. The predicted octanol–water partition coefficient (Wildman–Crippen LogP) is 8.09. The number of phenols is 1. The average molecular weight is 564 g/mol. The first-order chi connectivity index (χ1) is 17.5. The minimum Gasteiger partial charge on any atom is -0.506 e. The molecule has 0 heterocycles. The van der Waals surface area contributed by atoms with Crippen LogP contribution < -0.4 is 15.4 Å². The monoisotopic (exact) mass is 562 g/mol. The van der Waals surface area contributed by atoms with Crippen molar-refractivity contribution in [1.82, 2.24) is 0 Å². The summed E-state index contributed by atoms with van der Waals surface area (Å²) in [5, 5.41) is 16.5. The molecule has 1 unspecified atom stereocenters. The van der Waals surface area contributed by atoms with Crippen molar-refractivity contribution in [2.45, 2.75) is 52.1 Å². The number of anilines is 2. The molecule has 3 N–H and O–H groups in total. The molecule has 1 atom stereocenters. The Bertz CT molecular complexity index is 1310. The van der Waals surface area contributed by atoms with Crippen LogP contribution in [0.5, 0.6) is 11.5 Å². The second-order valence-corrected chi connectivity index (χ2v) is 10.4. The number of amides is 2. The summed E-state index contributed by atoms with van der Waals surface area (Å²) < 4.78 is 5.92. The molecule has 2 amide bonds. The average Bonchev–Trinajstić information content (AvgIpc) is 2.86. The van der Waals surface area contributed by atoms with Crippen molar-refractivity contribution < 1.29 is 19.4 Å². The van der Waals surface area contributed by atoms with Crippen molar-refractivity contribution in [3.05, 3.63) is 80.8 Å². The molecule has 0 fully saturated rings. The van der Waals surface area contributed by atoms with Crippen LogP contribution in [0.4, 0.5) is 11.4 Å². The van der Waals surface area contributed by atoms with Gasteiger partial charge in [-0.1, -0.05) is 80.7 Å². The summed E-state index contributed by atoms with van der Waals surface area (Å²) in [4.78, 5) is 25.5. The van der Waals surface area contributed by atoms with E-state index in [1.807, 2.05) is 12.1 Å². The van der Waals surface area contributed by atoms with E-state index in [4.69, 9.17) is 39.5 Å². The highest BCUT2D eigenvalue weighted by Crippen LogP contribution is 2.36. The zero-order chi connectivity index (χ0) is 27.3. The maximum Gasteiger partial charge on any atom is 0.265 e. The van der Waals surface area contributed by atoms with Gasteiger partial charge in [-0.05, 0) is 54.2 Å². The van der Waals surface area contributed by atoms with E-state index in [0.29, 0.717) is 17.2 Å². The van der Waals surface area contributed by atoms with Gasteiger partial charge in [-0.15, -0.1) is 0 Å². The summed E-state index contributed by atoms with van der Waals surface area (Å²) in [6.07, 6.45) is 0.444. The SMILES string of the molecule is CCC(Oc1ccc(C(C)(C)CC)cc1Cl)C(=O)Nc1cc(O)c(NC(=O)c2ccccc2Cl)cc1Cl. The number of nitrogens with one attached hydrogen (secondary N) is 2. The zero-order valence-electron chi connectivity index (χ0n) is 21.0. The lowest BCUT2D eigenvalue weighted by Gasteiger charge is -2.25. The van der Waals surface area contributed by atoms with Crippen LogP contribution in [0.3, 0.4) is 0 Å². The van der Waals surface area contributed by atoms with E-state index in [0.717, 1.165) is 12.0 Å². The summed E-state index contributed by atoms with van der Waals surface area (Å²) in [6.45, 7) is 8.18. The van der Waals surface area contributed by atoms with Crippen LogP contribution in [-0.2, 0) is 10.2 Å². The second-order valence-electron chi connectivity index (χ2n) is 9.17. The molecule has 6 nitrogen and oxygen atoms in total. The molecule has 0 spiro atoms. The smallest absolute Gasteiger partial charge is 0.265 e. The number of halogens is 3. The largest absolute Gasteiger partial charge is 0.506 e. The van der Waals surface area contributed by atoms with Gasteiger partial charge >= 0.3 is 0 Å². The quantitative estimate of drug-likeness (QED) is 0.230. The highest BCUT2D eigenvalue weighted by atomic mass is 35.5. The Kier molecular flexibility index (Phi) is 9.35. The van der Waals surface area contributed by atoms with E-state index in [2.05, 4.69) is 31.4 Å². The number of ether oxygens (including phenoxy) is 1. The highest BCUT2D eigenvalue weighted by molar-refractivity contribution is 6.35.